The molecule has 2 aliphatic heterocycles. The topological polar surface area (TPSA) is 73.0 Å². The summed E-state index contributed by atoms with van der Waals surface area (Å²) in [6.07, 6.45) is 6.39. The van der Waals surface area contributed by atoms with Gasteiger partial charge in [-0.25, -0.2) is 0 Å². The van der Waals surface area contributed by atoms with Crippen molar-refractivity contribution < 1.29 is 14.4 Å². The molecule has 0 spiro atoms. The molecule has 1 aliphatic carbocycles. The Balaban J connectivity index is 1.54. The average Bonchev–Trinajstić information content (AvgIpc) is 3.22. The smallest absolute Gasteiger partial charge is 0.245 e. The minimum atomic E-state index is -0.416. The lowest BCUT2D eigenvalue weighted by atomic mass is 9.83. The Labute approximate surface area is 181 Å². The van der Waals surface area contributed by atoms with Gasteiger partial charge in [-0.05, 0) is 52.5 Å². The highest BCUT2D eigenvalue weighted by atomic mass is 16.2. The number of hydrogen-bond donors (Lipinski definition) is 1. The fourth-order valence-electron chi connectivity index (χ4n) is 5.24. The van der Waals surface area contributed by atoms with Gasteiger partial charge in [0.2, 0.25) is 17.7 Å². The van der Waals surface area contributed by atoms with Gasteiger partial charge in [0.25, 0.3) is 0 Å². The molecule has 0 bridgehead atoms. The molecule has 7 nitrogen and oxygen atoms in total. The molecular formula is C23H40N4O3. The molecule has 0 radical (unpaired) electrons. The first kappa shape index (κ1) is 23.0. The highest BCUT2D eigenvalue weighted by Crippen LogP contribution is 2.28. The summed E-state index contributed by atoms with van der Waals surface area (Å²) in [6.45, 7) is 12.2. The van der Waals surface area contributed by atoms with Gasteiger partial charge in [-0.1, -0.05) is 19.3 Å². The zero-order valence-electron chi connectivity index (χ0n) is 19.3. The Bertz CT molecular complexity index is 631. The Morgan fingerprint density at radius 2 is 1.47 bits per heavy atom. The van der Waals surface area contributed by atoms with Crippen molar-refractivity contribution in [3.8, 4) is 0 Å². The molecule has 3 amide bonds. The van der Waals surface area contributed by atoms with E-state index in [0.717, 1.165) is 45.2 Å². The number of amides is 3. The van der Waals surface area contributed by atoms with E-state index in [4.69, 9.17) is 0 Å². The number of carbonyl (C=O) groups excluding carboxylic acids is 3. The average molecular weight is 421 g/mol. The molecule has 3 fully saturated rings. The fourth-order valence-corrected chi connectivity index (χ4v) is 5.24. The lowest BCUT2D eigenvalue weighted by molar-refractivity contribution is -0.144. The molecule has 0 aromatic heterocycles. The standard InChI is InChI=1S/C23H40N4O3/c1-17(28)24-20(18-8-6-5-7-9-18)22(30)26-14-12-25(13-15-26)21(29)19-10-11-27(16-19)23(2,3)4/h18-20H,5-16H2,1-4H3,(H,24,28)/t19-,20-/m0/s1. The molecule has 2 atom stereocenters. The molecule has 170 valence electrons. The Kier molecular flexibility index (Phi) is 7.43. The number of nitrogens with zero attached hydrogens (tertiary/aromatic N) is 3. The molecule has 0 unspecified atom stereocenters. The van der Waals surface area contributed by atoms with Crippen molar-refractivity contribution in [1.29, 1.82) is 0 Å². The maximum Gasteiger partial charge on any atom is 0.245 e. The lowest BCUT2D eigenvalue weighted by Crippen LogP contribution is -2.58. The first-order valence-corrected chi connectivity index (χ1v) is 11.8. The van der Waals surface area contributed by atoms with E-state index in [1.54, 1.807) is 0 Å². The zero-order valence-corrected chi connectivity index (χ0v) is 19.3. The summed E-state index contributed by atoms with van der Waals surface area (Å²) in [4.78, 5) is 44.1. The van der Waals surface area contributed by atoms with E-state index in [-0.39, 0.29) is 35.1 Å². The number of likely N-dealkylation sites (tertiary alicyclic amines) is 1. The van der Waals surface area contributed by atoms with Crippen molar-refractivity contribution in [3.63, 3.8) is 0 Å². The van der Waals surface area contributed by atoms with Crippen molar-refractivity contribution >= 4 is 17.7 Å². The van der Waals surface area contributed by atoms with Crippen LogP contribution in [-0.2, 0) is 14.4 Å². The molecule has 1 N–H and O–H groups in total. The van der Waals surface area contributed by atoms with Crippen molar-refractivity contribution in [2.24, 2.45) is 11.8 Å². The molecule has 2 saturated heterocycles. The van der Waals surface area contributed by atoms with Crippen molar-refractivity contribution in [3.05, 3.63) is 0 Å². The van der Waals surface area contributed by atoms with E-state index in [1.807, 2.05) is 9.80 Å². The quantitative estimate of drug-likeness (QED) is 0.754. The first-order valence-electron chi connectivity index (χ1n) is 11.8. The molecule has 2 heterocycles. The van der Waals surface area contributed by atoms with Crippen LogP contribution in [0.4, 0.5) is 0 Å². The highest BCUT2D eigenvalue weighted by Gasteiger charge is 2.38. The van der Waals surface area contributed by atoms with E-state index >= 15 is 0 Å². The highest BCUT2D eigenvalue weighted by molar-refractivity contribution is 5.87. The molecule has 3 aliphatic rings. The maximum atomic E-state index is 13.2. The molecule has 0 aromatic rings. The third-order valence-corrected chi connectivity index (χ3v) is 7.14. The lowest BCUT2D eigenvalue weighted by Gasteiger charge is -2.39. The number of hydrogen-bond acceptors (Lipinski definition) is 4. The second-order valence-electron chi connectivity index (χ2n) is 10.3. The largest absolute Gasteiger partial charge is 0.344 e. The normalized spacial score (nSPS) is 25.3. The summed E-state index contributed by atoms with van der Waals surface area (Å²) in [5.41, 5.74) is 0.0952. The first-order chi connectivity index (χ1) is 14.2. The summed E-state index contributed by atoms with van der Waals surface area (Å²) >= 11 is 0. The van der Waals surface area contributed by atoms with E-state index < -0.39 is 6.04 Å². The van der Waals surface area contributed by atoms with Crippen LogP contribution in [-0.4, -0.2) is 83.3 Å². The summed E-state index contributed by atoms with van der Waals surface area (Å²) in [5, 5.41) is 2.93. The predicted molar refractivity (Wildman–Crippen MR) is 117 cm³/mol. The fraction of sp³-hybridized carbons (Fsp3) is 0.870. The molecule has 1 saturated carbocycles. The second kappa shape index (κ2) is 9.67. The van der Waals surface area contributed by atoms with Gasteiger partial charge < -0.3 is 15.1 Å². The van der Waals surface area contributed by atoms with Gasteiger partial charge in [0.05, 0.1) is 5.92 Å². The second-order valence-corrected chi connectivity index (χ2v) is 10.3. The summed E-state index contributed by atoms with van der Waals surface area (Å²) in [5.74, 6) is 0.429. The zero-order chi connectivity index (χ0) is 21.9. The van der Waals surface area contributed by atoms with Crippen LogP contribution in [0.3, 0.4) is 0 Å². The van der Waals surface area contributed by atoms with Crippen LogP contribution in [0.15, 0.2) is 0 Å². The Morgan fingerprint density at radius 3 is 2.00 bits per heavy atom. The third kappa shape index (κ3) is 5.54. The van der Waals surface area contributed by atoms with Gasteiger partial charge in [0.1, 0.15) is 6.04 Å². The minimum absolute atomic E-state index is 0.0315. The van der Waals surface area contributed by atoms with Crippen LogP contribution in [0, 0.1) is 11.8 Å². The minimum Gasteiger partial charge on any atom is -0.344 e. The van der Waals surface area contributed by atoms with Crippen LogP contribution in [0.5, 0.6) is 0 Å². The summed E-state index contributed by atoms with van der Waals surface area (Å²) < 4.78 is 0. The monoisotopic (exact) mass is 420 g/mol. The van der Waals surface area contributed by atoms with Gasteiger partial charge in [-0.3, -0.25) is 19.3 Å². The van der Waals surface area contributed by atoms with Crippen LogP contribution in [0.2, 0.25) is 0 Å². The van der Waals surface area contributed by atoms with E-state index in [2.05, 4.69) is 31.0 Å². The van der Waals surface area contributed by atoms with Gasteiger partial charge in [-0.15, -0.1) is 0 Å². The van der Waals surface area contributed by atoms with Gasteiger partial charge in [0, 0.05) is 45.2 Å². The Hall–Kier alpha value is -1.63. The van der Waals surface area contributed by atoms with Crippen LogP contribution in [0.1, 0.15) is 66.2 Å². The van der Waals surface area contributed by atoms with Crippen molar-refractivity contribution in [1.82, 2.24) is 20.0 Å². The molecular weight excluding hydrogens is 380 g/mol. The van der Waals surface area contributed by atoms with Crippen molar-refractivity contribution in [2.75, 3.05) is 39.3 Å². The number of carbonyl (C=O) groups is 3. The van der Waals surface area contributed by atoms with Crippen LogP contribution < -0.4 is 5.32 Å². The van der Waals surface area contributed by atoms with Gasteiger partial charge in [0.15, 0.2) is 0 Å². The van der Waals surface area contributed by atoms with E-state index in [0.29, 0.717) is 26.2 Å². The molecule has 3 rings (SSSR count). The Morgan fingerprint density at radius 1 is 0.867 bits per heavy atom. The van der Waals surface area contributed by atoms with Crippen LogP contribution in [0.25, 0.3) is 0 Å². The maximum absolute atomic E-state index is 13.2. The van der Waals surface area contributed by atoms with Gasteiger partial charge >= 0.3 is 0 Å². The summed E-state index contributed by atoms with van der Waals surface area (Å²) in [6, 6.07) is -0.416. The van der Waals surface area contributed by atoms with Crippen molar-refractivity contribution in [2.45, 2.75) is 77.8 Å². The third-order valence-electron chi connectivity index (χ3n) is 7.14. The predicted octanol–water partition coefficient (Wildman–Crippen LogP) is 1.86. The molecule has 0 aromatic carbocycles. The van der Waals surface area contributed by atoms with Gasteiger partial charge in [-0.2, -0.15) is 0 Å². The van der Waals surface area contributed by atoms with Crippen LogP contribution >= 0.6 is 0 Å². The van der Waals surface area contributed by atoms with E-state index in [1.165, 1.54) is 13.3 Å². The van der Waals surface area contributed by atoms with E-state index in [9.17, 15) is 14.4 Å². The molecule has 30 heavy (non-hydrogen) atoms. The number of rotatable bonds is 4. The molecule has 7 heteroatoms. The number of nitrogens with one attached hydrogen (secondary N) is 1. The number of piperazine rings is 1. The summed E-state index contributed by atoms with van der Waals surface area (Å²) in [7, 11) is 0. The SMILES string of the molecule is CC(=O)N[C@H](C(=O)N1CCN(C(=O)[C@H]2CCN(C(C)(C)C)C2)CC1)C1CCCCC1.